The van der Waals surface area contributed by atoms with Crippen molar-refractivity contribution in [3.05, 3.63) is 253 Å². The van der Waals surface area contributed by atoms with Gasteiger partial charge < -0.3 is 18.9 Å². The molecule has 0 aliphatic heterocycles. The molecule has 4 heteroatoms. The highest BCUT2D eigenvalue weighted by atomic mass is 16.5. The van der Waals surface area contributed by atoms with Crippen LogP contribution in [0.3, 0.4) is 0 Å². The van der Waals surface area contributed by atoms with Crippen molar-refractivity contribution in [3.63, 3.8) is 0 Å². The first kappa shape index (κ1) is 41.6. The van der Waals surface area contributed by atoms with Gasteiger partial charge in [-0.1, -0.05) is 172 Å². The van der Waals surface area contributed by atoms with Gasteiger partial charge in [-0.15, -0.1) is 0 Å². The zero-order valence-electron chi connectivity index (χ0n) is 39.9. The Morgan fingerprint density at radius 1 is 0.493 bits per heavy atom. The van der Waals surface area contributed by atoms with Gasteiger partial charge in [0.15, 0.2) is 0 Å². The Kier molecular flexibility index (Phi) is 9.61. The fourth-order valence-corrected chi connectivity index (χ4v) is 12.1. The number of hydrogen-bond donors (Lipinski definition) is 0. The van der Waals surface area contributed by atoms with Crippen molar-refractivity contribution < 1.29 is 9.47 Å². The first-order valence-electron chi connectivity index (χ1n) is 25.2. The third kappa shape index (κ3) is 6.95. The zero-order valence-corrected chi connectivity index (χ0v) is 39.9. The molecule has 4 aliphatic rings. The summed E-state index contributed by atoms with van der Waals surface area (Å²) in [6.07, 6.45) is 11.0. The van der Waals surface area contributed by atoms with Crippen molar-refractivity contribution in [2.75, 3.05) is 4.90 Å². The number of aromatic nitrogens is 1. The lowest BCUT2D eigenvalue weighted by Crippen LogP contribution is -2.43. The normalized spacial score (nSPS) is 18.7. The maximum atomic E-state index is 6.87. The van der Waals surface area contributed by atoms with E-state index in [2.05, 4.69) is 254 Å². The van der Waals surface area contributed by atoms with Gasteiger partial charge in [0.2, 0.25) is 0 Å². The van der Waals surface area contributed by atoms with E-state index >= 15 is 0 Å². The standard InChI is InChI=1S/C67H52N2O2/c1-67(2)61-22-12-10-20-57(61)58-34-33-51(41-62(58)67)68(49-29-24-44(25-30-49)43-14-4-3-5-15-43)50-31-26-45(27-32-50)46-28-35-64-60(36-46)59-21-11-13-23-63(59)69(64)52-39-53(70-65-37-47-16-6-8-18-55(47)65)42-54(40-52)71-66-38-48-17-7-9-19-56(48)66/h3-36,39-42,47,55,65-66H,37-38H2,1-2H3. The molecule has 0 amide bonds. The number of allylic oxidation sites excluding steroid dienone is 3. The van der Waals surface area contributed by atoms with Gasteiger partial charge in [-0.3, -0.25) is 0 Å². The molecule has 14 rings (SSSR count). The van der Waals surface area contributed by atoms with E-state index in [1.807, 2.05) is 0 Å². The van der Waals surface area contributed by atoms with Gasteiger partial charge in [0, 0.05) is 63.8 Å². The van der Waals surface area contributed by atoms with Crippen molar-refractivity contribution in [2.24, 2.45) is 11.8 Å². The SMILES string of the molecule is CC1(C)c2ccccc2-c2ccc(N(c3ccc(-c4ccccc4)cc3)c3ccc(-c4ccc5c(c4)c4ccccc4n5-c4cc(OC5Cc6ccccc65)cc(OC5CC6C=CC=CC65)c4)cc3)cc21. The molecular formula is C67H52N2O2. The molecule has 0 radical (unpaired) electrons. The molecule has 4 nitrogen and oxygen atoms in total. The third-order valence-corrected chi connectivity index (χ3v) is 15.9. The van der Waals surface area contributed by atoms with Gasteiger partial charge in [0.1, 0.15) is 23.7 Å². The minimum absolute atomic E-state index is 0.0200. The minimum Gasteiger partial charge on any atom is -0.490 e. The van der Waals surface area contributed by atoms with E-state index in [9.17, 15) is 0 Å². The summed E-state index contributed by atoms with van der Waals surface area (Å²) in [5.74, 6) is 2.61. The Morgan fingerprint density at radius 3 is 1.93 bits per heavy atom. The molecule has 9 aromatic carbocycles. The Labute approximate surface area is 415 Å². The second-order valence-corrected chi connectivity index (χ2v) is 20.4. The number of anilines is 3. The maximum absolute atomic E-state index is 6.87. The molecule has 1 aromatic heterocycles. The van der Waals surface area contributed by atoms with E-state index in [-0.39, 0.29) is 17.6 Å². The second-order valence-electron chi connectivity index (χ2n) is 20.4. The molecule has 0 spiro atoms. The van der Waals surface area contributed by atoms with E-state index in [0.717, 1.165) is 63.7 Å². The molecule has 0 bridgehead atoms. The predicted octanol–water partition coefficient (Wildman–Crippen LogP) is 17.1. The summed E-state index contributed by atoms with van der Waals surface area (Å²) >= 11 is 0. The Hall–Kier alpha value is -8.34. The van der Waals surface area contributed by atoms with Crippen LogP contribution in [0.15, 0.2) is 231 Å². The summed E-state index contributed by atoms with van der Waals surface area (Å²) in [6, 6.07) is 75.4. The topological polar surface area (TPSA) is 26.6 Å². The van der Waals surface area contributed by atoms with E-state index < -0.39 is 0 Å². The summed E-state index contributed by atoms with van der Waals surface area (Å²) in [7, 11) is 0. The van der Waals surface area contributed by atoms with Crippen molar-refractivity contribution >= 4 is 38.9 Å². The number of para-hydroxylation sites is 1. The quantitative estimate of drug-likeness (QED) is 0.137. The molecule has 1 heterocycles. The lowest BCUT2D eigenvalue weighted by molar-refractivity contribution is 0.0346. The summed E-state index contributed by atoms with van der Waals surface area (Å²) in [4.78, 5) is 2.40. The number of benzene rings is 9. The molecule has 1 saturated carbocycles. The van der Waals surface area contributed by atoms with Crippen LogP contribution in [0.25, 0.3) is 60.9 Å². The second kappa shape index (κ2) is 16.4. The Balaban J connectivity index is 0.831. The summed E-state index contributed by atoms with van der Waals surface area (Å²) < 4.78 is 16.1. The van der Waals surface area contributed by atoms with Crippen molar-refractivity contribution in [1.29, 1.82) is 0 Å². The van der Waals surface area contributed by atoms with Crippen LogP contribution < -0.4 is 14.4 Å². The number of rotatable bonds is 10. The van der Waals surface area contributed by atoms with Crippen LogP contribution in [-0.4, -0.2) is 10.7 Å². The van der Waals surface area contributed by atoms with Crippen LogP contribution in [0.1, 0.15) is 48.6 Å². The number of fused-ring (bicyclic) bond motifs is 8. The molecule has 4 aliphatic carbocycles. The molecule has 1 fully saturated rings. The first-order valence-corrected chi connectivity index (χ1v) is 25.2. The van der Waals surface area contributed by atoms with Gasteiger partial charge >= 0.3 is 0 Å². The number of hydrogen-bond acceptors (Lipinski definition) is 3. The van der Waals surface area contributed by atoms with E-state index in [0.29, 0.717) is 11.8 Å². The lowest BCUT2D eigenvalue weighted by atomic mass is 9.69. The fraction of sp³-hybridized carbons (Fsp3) is 0.134. The predicted molar refractivity (Wildman–Crippen MR) is 292 cm³/mol. The van der Waals surface area contributed by atoms with Gasteiger partial charge in [0.25, 0.3) is 0 Å². The van der Waals surface area contributed by atoms with Crippen LogP contribution in [0.4, 0.5) is 17.1 Å². The van der Waals surface area contributed by atoms with Crippen LogP contribution in [0, 0.1) is 11.8 Å². The van der Waals surface area contributed by atoms with E-state index in [4.69, 9.17) is 9.47 Å². The van der Waals surface area contributed by atoms with Crippen LogP contribution in [0.5, 0.6) is 11.5 Å². The summed E-state index contributed by atoms with van der Waals surface area (Å²) in [5, 5.41) is 2.40. The van der Waals surface area contributed by atoms with Gasteiger partial charge in [-0.2, -0.15) is 0 Å². The van der Waals surface area contributed by atoms with Crippen molar-refractivity contribution in [2.45, 2.75) is 44.3 Å². The number of nitrogens with zero attached hydrogens (tertiary/aromatic N) is 2. The first-order chi connectivity index (χ1) is 34.9. The molecule has 4 unspecified atom stereocenters. The van der Waals surface area contributed by atoms with Crippen molar-refractivity contribution in [1.82, 2.24) is 4.57 Å². The Morgan fingerprint density at radius 2 is 1.13 bits per heavy atom. The monoisotopic (exact) mass is 916 g/mol. The fourth-order valence-electron chi connectivity index (χ4n) is 12.1. The van der Waals surface area contributed by atoms with E-state index in [1.54, 1.807) is 0 Å². The lowest BCUT2D eigenvalue weighted by Gasteiger charge is -2.42. The largest absolute Gasteiger partial charge is 0.490 e. The number of ether oxygens (including phenoxy) is 2. The highest BCUT2D eigenvalue weighted by molar-refractivity contribution is 6.10. The summed E-state index contributed by atoms with van der Waals surface area (Å²) in [5.41, 5.74) is 19.3. The molecule has 71 heavy (non-hydrogen) atoms. The highest BCUT2D eigenvalue weighted by Gasteiger charge is 2.41. The average Bonchev–Trinajstić information content (AvgIpc) is 3.85. The minimum atomic E-state index is -0.115. The van der Waals surface area contributed by atoms with Crippen LogP contribution in [0.2, 0.25) is 0 Å². The summed E-state index contributed by atoms with van der Waals surface area (Å²) in [6.45, 7) is 4.71. The molecule has 0 saturated heterocycles. The highest BCUT2D eigenvalue weighted by Crippen LogP contribution is 2.51. The maximum Gasteiger partial charge on any atom is 0.128 e. The average molecular weight is 917 g/mol. The van der Waals surface area contributed by atoms with Gasteiger partial charge in [-0.05, 0) is 123 Å². The molecule has 4 atom stereocenters. The molecule has 342 valence electrons. The van der Waals surface area contributed by atoms with Gasteiger partial charge in [0.05, 0.1) is 16.7 Å². The smallest absolute Gasteiger partial charge is 0.128 e. The van der Waals surface area contributed by atoms with Crippen LogP contribution >= 0.6 is 0 Å². The van der Waals surface area contributed by atoms with Crippen molar-refractivity contribution in [3.8, 4) is 50.6 Å². The zero-order chi connectivity index (χ0) is 47.2. The van der Waals surface area contributed by atoms with Crippen LogP contribution in [-0.2, 0) is 11.8 Å². The Bertz CT molecular complexity index is 3770. The molecule has 0 N–H and O–H groups in total. The molecular weight excluding hydrogens is 865 g/mol. The van der Waals surface area contributed by atoms with Gasteiger partial charge in [-0.25, -0.2) is 0 Å². The molecule has 10 aromatic rings. The van der Waals surface area contributed by atoms with E-state index in [1.165, 1.54) is 60.8 Å². The third-order valence-electron chi connectivity index (χ3n) is 15.9.